The summed E-state index contributed by atoms with van der Waals surface area (Å²) in [6.07, 6.45) is 4.77. The molecule has 0 unspecified atom stereocenters. The van der Waals surface area contributed by atoms with Crippen LogP contribution in [0.15, 0.2) is 12.4 Å². The number of aryl methyl sites for hydroxylation is 1. The zero-order chi connectivity index (χ0) is 8.27. The predicted octanol–water partition coefficient (Wildman–Crippen LogP) is 0.793. The van der Waals surface area contributed by atoms with Gasteiger partial charge in [0.2, 0.25) is 0 Å². The van der Waals surface area contributed by atoms with Crippen LogP contribution in [0, 0.1) is 0 Å². The zero-order valence-corrected chi connectivity index (χ0v) is 7.12. The SMILES string of the molecule is CCc1nccn1C[C@H](C)N. The highest BCUT2D eigenvalue weighted by molar-refractivity contribution is 4.92. The molecular formula is C8H15N3. The number of aromatic nitrogens is 2. The van der Waals surface area contributed by atoms with E-state index in [1.54, 1.807) is 0 Å². The highest BCUT2D eigenvalue weighted by Crippen LogP contribution is 1.98. The van der Waals surface area contributed by atoms with Gasteiger partial charge in [0.05, 0.1) is 0 Å². The number of hydrogen-bond donors (Lipinski definition) is 1. The topological polar surface area (TPSA) is 43.8 Å². The van der Waals surface area contributed by atoms with E-state index in [0.29, 0.717) is 0 Å². The second-order valence-corrected chi connectivity index (χ2v) is 2.83. The summed E-state index contributed by atoms with van der Waals surface area (Å²) < 4.78 is 2.10. The number of hydrogen-bond acceptors (Lipinski definition) is 2. The van der Waals surface area contributed by atoms with Gasteiger partial charge in [-0.15, -0.1) is 0 Å². The van der Waals surface area contributed by atoms with Gasteiger partial charge in [0.25, 0.3) is 0 Å². The summed E-state index contributed by atoms with van der Waals surface area (Å²) in [6.45, 7) is 4.96. The number of rotatable bonds is 3. The van der Waals surface area contributed by atoms with E-state index < -0.39 is 0 Å². The van der Waals surface area contributed by atoms with Gasteiger partial charge >= 0.3 is 0 Å². The second kappa shape index (κ2) is 3.53. The number of nitrogens with zero attached hydrogens (tertiary/aromatic N) is 2. The molecule has 11 heavy (non-hydrogen) atoms. The summed E-state index contributed by atoms with van der Waals surface area (Å²) in [7, 11) is 0. The van der Waals surface area contributed by atoms with Crippen molar-refractivity contribution in [3.05, 3.63) is 18.2 Å². The number of nitrogens with two attached hydrogens (primary N) is 1. The van der Waals surface area contributed by atoms with Crippen molar-refractivity contribution in [3.63, 3.8) is 0 Å². The maximum atomic E-state index is 5.66. The van der Waals surface area contributed by atoms with Gasteiger partial charge in [-0.1, -0.05) is 6.92 Å². The van der Waals surface area contributed by atoms with Crippen molar-refractivity contribution in [1.29, 1.82) is 0 Å². The fraction of sp³-hybridized carbons (Fsp3) is 0.625. The van der Waals surface area contributed by atoms with E-state index in [0.717, 1.165) is 18.8 Å². The molecule has 3 heteroatoms. The molecule has 0 fully saturated rings. The van der Waals surface area contributed by atoms with Crippen LogP contribution in [0.5, 0.6) is 0 Å². The third-order valence-electron chi connectivity index (χ3n) is 1.60. The van der Waals surface area contributed by atoms with Crippen molar-refractivity contribution in [2.45, 2.75) is 32.9 Å². The van der Waals surface area contributed by atoms with Crippen LogP contribution in [0.3, 0.4) is 0 Å². The largest absolute Gasteiger partial charge is 0.333 e. The van der Waals surface area contributed by atoms with Crippen LogP contribution in [0.25, 0.3) is 0 Å². The van der Waals surface area contributed by atoms with E-state index in [1.165, 1.54) is 0 Å². The summed E-state index contributed by atoms with van der Waals surface area (Å²) in [5.74, 6) is 1.11. The highest BCUT2D eigenvalue weighted by Gasteiger charge is 2.00. The lowest BCUT2D eigenvalue weighted by Crippen LogP contribution is -2.22. The fourth-order valence-electron chi connectivity index (χ4n) is 1.13. The maximum Gasteiger partial charge on any atom is 0.108 e. The molecule has 1 aromatic heterocycles. The van der Waals surface area contributed by atoms with Gasteiger partial charge in [-0.25, -0.2) is 4.98 Å². The first kappa shape index (κ1) is 8.27. The second-order valence-electron chi connectivity index (χ2n) is 2.83. The Kier molecular flexibility index (Phi) is 2.65. The Labute approximate surface area is 67.2 Å². The first-order valence-electron chi connectivity index (χ1n) is 3.99. The standard InChI is InChI=1S/C8H15N3/c1-3-8-10-4-5-11(8)6-7(2)9/h4-5,7H,3,6,9H2,1-2H3/t7-/m0/s1. The van der Waals surface area contributed by atoms with E-state index in [1.807, 2.05) is 19.3 Å². The van der Waals surface area contributed by atoms with Gasteiger partial charge in [0, 0.05) is 31.4 Å². The van der Waals surface area contributed by atoms with Gasteiger partial charge in [-0.3, -0.25) is 0 Å². The molecule has 0 aliphatic heterocycles. The third kappa shape index (κ3) is 2.05. The maximum absolute atomic E-state index is 5.66. The molecule has 0 aliphatic carbocycles. The number of imidazole rings is 1. The Morgan fingerprint density at radius 2 is 2.45 bits per heavy atom. The Balaban J connectivity index is 2.68. The molecular weight excluding hydrogens is 138 g/mol. The van der Waals surface area contributed by atoms with E-state index in [9.17, 15) is 0 Å². The van der Waals surface area contributed by atoms with Crippen LogP contribution in [0.4, 0.5) is 0 Å². The van der Waals surface area contributed by atoms with Crippen LogP contribution in [0.2, 0.25) is 0 Å². The van der Waals surface area contributed by atoms with Crippen LogP contribution in [-0.2, 0) is 13.0 Å². The smallest absolute Gasteiger partial charge is 0.108 e. The Bertz CT molecular complexity index is 215. The minimum Gasteiger partial charge on any atom is -0.333 e. The van der Waals surface area contributed by atoms with Gasteiger partial charge in [-0.2, -0.15) is 0 Å². The van der Waals surface area contributed by atoms with Crippen LogP contribution >= 0.6 is 0 Å². The van der Waals surface area contributed by atoms with E-state index in [2.05, 4.69) is 16.5 Å². The fourth-order valence-corrected chi connectivity index (χ4v) is 1.13. The van der Waals surface area contributed by atoms with Crippen molar-refractivity contribution in [3.8, 4) is 0 Å². The molecule has 0 saturated carbocycles. The summed E-state index contributed by atoms with van der Waals surface area (Å²) in [4.78, 5) is 4.20. The lowest BCUT2D eigenvalue weighted by Gasteiger charge is -2.08. The summed E-state index contributed by atoms with van der Waals surface area (Å²) >= 11 is 0. The molecule has 1 aromatic rings. The predicted molar refractivity (Wildman–Crippen MR) is 45.3 cm³/mol. The monoisotopic (exact) mass is 153 g/mol. The zero-order valence-electron chi connectivity index (χ0n) is 7.12. The normalized spacial score (nSPS) is 13.4. The Morgan fingerprint density at radius 3 is 3.00 bits per heavy atom. The van der Waals surface area contributed by atoms with E-state index in [4.69, 9.17) is 5.73 Å². The molecule has 62 valence electrons. The molecule has 1 heterocycles. The molecule has 3 nitrogen and oxygen atoms in total. The van der Waals surface area contributed by atoms with E-state index in [-0.39, 0.29) is 6.04 Å². The molecule has 1 rings (SSSR count). The van der Waals surface area contributed by atoms with Crippen molar-refractivity contribution in [2.24, 2.45) is 5.73 Å². The molecule has 0 saturated heterocycles. The lowest BCUT2D eigenvalue weighted by atomic mass is 10.3. The minimum atomic E-state index is 0.203. The molecule has 0 aromatic carbocycles. The van der Waals surface area contributed by atoms with Crippen molar-refractivity contribution in [2.75, 3.05) is 0 Å². The summed E-state index contributed by atoms with van der Waals surface area (Å²) in [6, 6.07) is 0.203. The molecule has 0 radical (unpaired) electrons. The first-order valence-corrected chi connectivity index (χ1v) is 3.99. The molecule has 2 N–H and O–H groups in total. The average molecular weight is 153 g/mol. The van der Waals surface area contributed by atoms with Gasteiger partial charge in [0.1, 0.15) is 5.82 Å². The summed E-state index contributed by atoms with van der Waals surface area (Å²) in [5.41, 5.74) is 5.66. The quantitative estimate of drug-likeness (QED) is 0.697. The van der Waals surface area contributed by atoms with Gasteiger partial charge < -0.3 is 10.3 Å². The Hall–Kier alpha value is -0.830. The van der Waals surface area contributed by atoms with Crippen LogP contribution < -0.4 is 5.73 Å². The van der Waals surface area contributed by atoms with Crippen molar-refractivity contribution in [1.82, 2.24) is 9.55 Å². The molecule has 0 spiro atoms. The molecule has 0 amide bonds. The highest BCUT2D eigenvalue weighted by atomic mass is 15.1. The van der Waals surface area contributed by atoms with Crippen molar-refractivity contribution >= 4 is 0 Å². The average Bonchev–Trinajstić information content (AvgIpc) is 2.34. The van der Waals surface area contributed by atoms with Crippen molar-refractivity contribution < 1.29 is 0 Å². The minimum absolute atomic E-state index is 0.203. The first-order chi connectivity index (χ1) is 5.24. The van der Waals surface area contributed by atoms with E-state index >= 15 is 0 Å². The van der Waals surface area contributed by atoms with Crippen LogP contribution in [-0.4, -0.2) is 15.6 Å². The third-order valence-corrected chi connectivity index (χ3v) is 1.60. The van der Waals surface area contributed by atoms with Gasteiger partial charge in [0.15, 0.2) is 0 Å². The Morgan fingerprint density at radius 1 is 1.73 bits per heavy atom. The van der Waals surface area contributed by atoms with Crippen LogP contribution in [0.1, 0.15) is 19.7 Å². The van der Waals surface area contributed by atoms with Gasteiger partial charge in [-0.05, 0) is 6.92 Å². The summed E-state index contributed by atoms with van der Waals surface area (Å²) in [5, 5.41) is 0. The lowest BCUT2D eigenvalue weighted by molar-refractivity contribution is 0.569. The molecule has 0 aliphatic rings. The molecule has 1 atom stereocenters. The molecule has 0 bridgehead atoms.